The third-order valence-electron chi connectivity index (χ3n) is 4.81. The quantitative estimate of drug-likeness (QED) is 0.332. The molecule has 30 heavy (non-hydrogen) atoms. The van der Waals surface area contributed by atoms with Crippen molar-refractivity contribution in [1.29, 1.82) is 0 Å². The van der Waals surface area contributed by atoms with Crippen LogP contribution in [0, 0.1) is 0 Å². The number of rotatable bonds is 5. The Balaban J connectivity index is 0.00000101. The maximum atomic E-state index is 5.06. The Kier molecular flexibility index (Phi) is 10.1. The van der Waals surface area contributed by atoms with Crippen LogP contribution in [0.3, 0.4) is 0 Å². The van der Waals surface area contributed by atoms with Gasteiger partial charge in [-0.2, -0.15) is 0 Å². The molecule has 0 saturated carbocycles. The minimum absolute atomic E-state index is 0.382. The molecule has 161 valence electrons. The van der Waals surface area contributed by atoms with Crippen LogP contribution >= 0.6 is 20.3 Å². The number of nitrogens with zero attached hydrogens (tertiary/aromatic N) is 2. The topological polar surface area (TPSA) is 25.2 Å². The van der Waals surface area contributed by atoms with E-state index in [9.17, 15) is 0 Å². The number of pyridine rings is 1. The molecule has 3 rings (SSSR count). The fourth-order valence-electron chi connectivity index (χ4n) is 3.27. The summed E-state index contributed by atoms with van der Waals surface area (Å²) in [5.41, 5.74) is 7.65. The molecule has 0 radical (unpaired) electrons. The second kappa shape index (κ2) is 12.3. The maximum absolute atomic E-state index is 5.06. The van der Waals surface area contributed by atoms with Gasteiger partial charge in [-0.1, -0.05) is 82.3 Å². The van der Waals surface area contributed by atoms with Gasteiger partial charge in [-0.15, -0.1) is 0 Å². The van der Waals surface area contributed by atoms with Gasteiger partial charge in [-0.05, 0) is 42.0 Å². The summed E-state index contributed by atoms with van der Waals surface area (Å²) in [6.07, 6.45) is 0. The first-order valence-electron chi connectivity index (χ1n) is 9.93. The number of aliphatic imine (C=N–C) groups is 1. The molecule has 0 aliphatic carbocycles. The van der Waals surface area contributed by atoms with E-state index in [0.29, 0.717) is 24.7 Å². The van der Waals surface area contributed by atoms with Crippen molar-refractivity contribution in [2.24, 2.45) is 4.99 Å². The fraction of sp³-hybridized carbons (Fsp3) is 0.280. The summed E-state index contributed by atoms with van der Waals surface area (Å²) in [4.78, 5) is 9.92. The van der Waals surface area contributed by atoms with Gasteiger partial charge in [0.2, 0.25) is 0 Å². The van der Waals surface area contributed by atoms with Crippen molar-refractivity contribution >= 4 is 31.7 Å². The third kappa shape index (κ3) is 6.68. The summed E-state index contributed by atoms with van der Waals surface area (Å²) in [5, 5.41) is 0. The zero-order valence-corrected chi connectivity index (χ0v) is 20.5. The van der Waals surface area contributed by atoms with Crippen molar-refractivity contribution < 1.29 is 12.9 Å². The average molecular weight is 486 g/mol. The van der Waals surface area contributed by atoms with Gasteiger partial charge in [0.05, 0.1) is 22.8 Å². The molecule has 3 aromatic rings. The van der Waals surface area contributed by atoms with E-state index in [1.807, 2.05) is 30.3 Å². The van der Waals surface area contributed by atoms with Crippen molar-refractivity contribution in [3.8, 4) is 11.3 Å². The molecular weight excluding hydrogens is 458 g/mol. The second-order valence-corrected chi connectivity index (χ2v) is 9.33. The van der Waals surface area contributed by atoms with Crippen LogP contribution in [-0.2, 0) is 12.9 Å². The molecule has 5 heteroatoms. The van der Waals surface area contributed by atoms with Crippen LogP contribution in [-0.4, -0.2) is 10.7 Å². The Morgan fingerprint density at radius 3 is 1.87 bits per heavy atom. The fourth-order valence-corrected chi connectivity index (χ4v) is 3.27. The molecule has 0 N–H and O–H groups in total. The zero-order chi connectivity index (χ0) is 22.1. The molecule has 0 aliphatic heterocycles. The molecule has 0 amide bonds. The normalized spacial score (nSPS) is 11.6. The molecule has 0 spiro atoms. The summed E-state index contributed by atoms with van der Waals surface area (Å²) in [6.45, 7) is 11.0. The Hall–Kier alpha value is -1.65. The number of hydrogen-bond acceptors (Lipinski definition) is 2. The molecule has 1 aromatic heterocycles. The first kappa shape index (κ1) is 24.6. The van der Waals surface area contributed by atoms with E-state index >= 15 is 0 Å². The summed E-state index contributed by atoms with van der Waals surface area (Å²) in [6, 6.07) is 23.0. The van der Waals surface area contributed by atoms with Crippen LogP contribution in [0.25, 0.3) is 11.3 Å². The van der Waals surface area contributed by atoms with E-state index in [0.717, 1.165) is 28.4 Å². The van der Waals surface area contributed by atoms with Crippen molar-refractivity contribution in [3.63, 3.8) is 0 Å². The summed E-state index contributed by atoms with van der Waals surface area (Å²) < 4.78 is 0. The van der Waals surface area contributed by atoms with Crippen LogP contribution in [0.4, 0.5) is 5.69 Å². The van der Waals surface area contributed by atoms with E-state index in [1.165, 1.54) is 11.1 Å². The average Bonchev–Trinajstić information content (AvgIpc) is 2.75. The van der Waals surface area contributed by atoms with Gasteiger partial charge < -0.3 is 0 Å². The number of para-hydroxylation sites is 1. The van der Waals surface area contributed by atoms with Gasteiger partial charge in [0, 0.05) is 5.56 Å². The molecule has 2 nitrogen and oxygen atoms in total. The summed E-state index contributed by atoms with van der Waals surface area (Å²) >= 11 is 0.382. The van der Waals surface area contributed by atoms with Crippen LogP contribution in [0.15, 0.2) is 71.7 Å². The van der Waals surface area contributed by atoms with Crippen LogP contribution < -0.4 is 0 Å². The van der Waals surface area contributed by atoms with E-state index in [4.69, 9.17) is 30.3 Å². The summed E-state index contributed by atoms with van der Waals surface area (Å²) in [7, 11) is 9.47. The van der Waals surface area contributed by atoms with Gasteiger partial charge in [0.15, 0.2) is 0 Å². The third-order valence-corrected chi connectivity index (χ3v) is 4.81. The van der Waals surface area contributed by atoms with Gasteiger partial charge in [-0.25, -0.2) is 4.98 Å². The monoisotopic (exact) mass is 485 g/mol. The van der Waals surface area contributed by atoms with Crippen molar-refractivity contribution in [2.45, 2.75) is 46.5 Å². The van der Waals surface area contributed by atoms with E-state index < -0.39 is 0 Å². The predicted octanol–water partition coefficient (Wildman–Crippen LogP) is 8.51. The second-order valence-electron chi connectivity index (χ2n) is 7.61. The molecule has 1 heterocycles. The number of hydrogen-bond donors (Lipinski definition) is 0. The molecule has 0 saturated heterocycles. The number of benzene rings is 2. The molecule has 0 aliphatic rings. The molecule has 2 aromatic carbocycles. The Bertz CT molecular complexity index is 944. The Morgan fingerprint density at radius 2 is 1.33 bits per heavy atom. The van der Waals surface area contributed by atoms with Gasteiger partial charge in [0.25, 0.3) is 0 Å². The molecule has 0 fully saturated rings. The molecule has 0 atom stereocenters. The first-order valence-corrected chi connectivity index (χ1v) is 12.8. The molecular formula is C25H28Cl2CoN2. The van der Waals surface area contributed by atoms with Gasteiger partial charge >= 0.3 is 33.2 Å². The van der Waals surface area contributed by atoms with Crippen molar-refractivity contribution in [1.82, 2.24) is 4.98 Å². The van der Waals surface area contributed by atoms with Crippen LogP contribution in [0.2, 0.25) is 0 Å². The Labute approximate surface area is 195 Å². The molecule has 0 bridgehead atoms. The standard InChI is InChI=1S/C25H28N2.2ClH.Co/c1-17(2)21-13-9-14-22(18(3)4)25(21)26-19(5)23-15-10-16-24(27-23)20-11-7-6-8-12-20;;;/h6-18H,1-5H3;2*1H;/q;;;+2/p-2. The van der Waals surface area contributed by atoms with Crippen LogP contribution in [0.1, 0.15) is 63.3 Å². The van der Waals surface area contributed by atoms with E-state index in [1.54, 1.807) is 0 Å². The van der Waals surface area contributed by atoms with E-state index in [-0.39, 0.29) is 0 Å². The zero-order valence-electron chi connectivity index (χ0n) is 18.0. The van der Waals surface area contributed by atoms with E-state index in [2.05, 4.69) is 71.0 Å². The molecule has 0 unspecified atom stereocenters. The predicted molar refractivity (Wildman–Crippen MR) is 128 cm³/mol. The number of halogens is 2. The van der Waals surface area contributed by atoms with Crippen molar-refractivity contribution in [3.05, 3.63) is 83.6 Å². The summed E-state index contributed by atoms with van der Waals surface area (Å²) in [5.74, 6) is 0.859. The van der Waals surface area contributed by atoms with Crippen LogP contribution in [0.5, 0.6) is 0 Å². The Morgan fingerprint density at radius 1 is 0.800 bits per heavy atom. The van der Waals surface area contributed by atoms with Gasteiger partial charge in [0.1, 0.15) is 0 Å². The van der Waals surface area contributed by atoms with Crippen molar-refractivity contribution in [2.75, 3.05) is 0 Å². The number of aromatic nitrogens is 1. The first-order chi connectivity index (χ1) is 14.4. The SMILES string of the molecule is CC(=Nc1c(C(C)C)cccc1C(C)C)c1cccc(-c2ccccc2)n1.[Cl][Co][Cl]. The minimum atomic E-state index is 0.382. The van der Waals surface area contributed by atoms with Gasteiger partial charge in [-0.3, -0.25) is 4.99 Å².